The monoisotopic (exact) mass is 315 g/mol. The lowest BCUT2D eigenvalue weighted by atomic mass is 9.88. The third-order valence-electron chi connectivity index (χ3n) is 3.43. The number of carboxylic acids is 1. The van der Waals surface area contributed by atoms with Gasteiger partial charge in [-0.05, 0) is 39.0 Å². The lowest BCUT2D eigenvalue weighted by Gasteiger charge is -2.36. The fraction of sp³-hybridized carbons (Fsp3) is 0.875. The van der Waals surface area contributed by atoms with Crippen molar-refractivity contribution in [3.05, 3.63) is 0 Å². The Morgan fingerprint density at radius 1 is 1.09 bits per heavy atom. The number of piperidine rings is 1. The molecule has 0 saturated carbocycles. The second-order valence-electron chi connectivity index (χ2n) is 7.89. The molecule has 6 nitrogen and oxygen atoms in total. The first-order chi connectivity index (χ1) is 9.90. The van der Waals surface area contributed by atoms with Gasteiger partial charge in [-0.2, -0.15) is 0 Å². The van der Waals surface area contributed by atoms with Crippen molar-refractivity contribution < 1.29 is 24.2 Å². The number of hydrogen-bond acceptors (Lipinski definition) is 4. The second-order valence-corrected chi connectivity index (χ2v) is 7.89. The van der Waals surface area contributed by atoms with Gasteiger partial charge in [-0.15, -0.1) is 0 Å². The first kappa shape index (κ1) is 18.7. The summed E-state index contributed by atoms with van der Waals surface area (Å²) in [7, 11) is 0. The minimum absolute atomic E-state index is 0.140. The van der Waals surface area contributed by atoms with Gasteiger partial charge >= 0.3 is 12.1 Å². The van der Waals surface area contributed by atoms with Crippen LogP contribution in [0.3, 0.4) is 0 Å². The summed E-state index contributed by atoms with van der Waals surface area (Å²) in [5.41, 5.74) is -0.973. The summed E-state index contributed by atoms with van der Waals surface area (Å²) in [5, 5.41) is 9.30. The molecule has 1 atom stereocenters. The highest BCUT2D eigenvalue weighted by Crippen LogP contribution is 2.27. The number of rotatable bonds is 3. The van der Waals surface area contributed by atoms with E-state index in [-0.39, 0.29) is 12.2 Å². The largest absolute Gasteiger partial charge is 0.479 e. The molecule has 1 aliphatic rings. The molecule has 1 saturated heterocycles. The van der Waals surface area contributed by atoms with Crippen LogP contribution in [0.15, 0.2) is 0 Å². The van der Waals surface area contributed by atoms with E-state index in [4.69, 9.17) is 9.47 Å². The molecule has 0 aromatic rings. The minimum atomic E-state index is -0.943. The zero-order valence-corrected chi connectivity index (χ0v) is 14.5. The van der Waals surface area contributed by atoms with Gasteiger partial charge in [0, 0.05) is 13.1 Å². The second kappa shape index (κ2) is 6.86. The summed E-state index contributed by atoms with van der Waals surface area (Å²) >= 11 is 0. The Bertz CT molecular complexity index is 400. The van der Waals surface area contributed by atoms with Crippen LogP contribution in [-0.2, 0) is 14.3 Å². The zero-order chi connectivity index (χ0) is 17.1. The minimum Gasteiger partial charge on any atom is -0.479 e. The summed E-state index contributed by atoms with van der Waals surface area (Å²) in [6, 6.07) is 0. The van der Waals surface area contributed by atoms with Crippen LogP contribution in [-0.4, -0.2) is 53.0 Å². The highest BCUT2D eigenvalue weighted by molar-refractivity contribution is 5.73. The van der Waals surface area contributed by atoms with Crippen LogP contribution in [0.1, 0.15) is 54.4 Å². The molecule has 1 amide bonds. The maximum absolute atomic E-state index is 12.0. The lowest BCUT2D eigenvalue weighted by molar-refractivity contribution is -0.166. The van der Waals surface area contributed by atoms with Gasteiger partial charge in [-0.25, -0.2) is 9.59 Å². The normalized spacial score (nSPS) is 18.9. The lowest BCUT2D eigenvalue weighted by Crippen LogP contribution is -2.46. The van der Waals surface area contributed by atoms with Gasteiger partial charge in [0.1, 0.15) is 5.60 Å². The number of carbonyl (C=O) groups is 2. The van der Waals surface area contributed by atoms with Gasteiger partial charge in [-0.3, -0.25) is 0 Å². The van der Waals surface area contributed by atoms with Crippen LogP contribution in [0.4, 0.5) is 4.79 Å². The Morgan fingerprint density at radius 2 is 1.59 bits per heavy atom. The number of nitrogens with zero attached hydrogens (tertiary/aromatic N) is 1. The first-order valence-electron chi connectivity index (χ1n) is 7.76. The molecule has 0 radical (unpaired) electrons. The van der Waals surface area contributed by atoms with Crippen LogP contribution in [0.25, 0.3) is 0 Å². The molecule has 22 heavy (non-hydrogen) atoms. The summed E-state index contributed by atoms with van der Waals surface area (Å²) < 4.78 is 11.1. The number of carbonyl (C=O) groups excluding carboxylic acids is 1. The molecule has 0 bridgehead atoms. The van der Waals surface area contributed by atoms with E-state index in [0.717, 1.165) is 0 Å². The number of carboxylic acid groups (broad SMARTS) is 1. The van der Waals surface area contributed by atoms with Crippen molar-refractivity contribution in [1.29, 1.82) is 0 Å². The van der Waals surface area contributed by atoms with E-state index in [0.29, 0.717) is 25.9 Å². The van der Waals surface area contributed by atoms with Crippen molar-refractivity contribution in [3.8, 4) is 0 Å². The molecule has 0 aliphatic carbocycles. The number of likely N-dealkylation sites (tertiary alicyclic amines) is 1. The van der Waals surface area contributed by atoms with Gasteiger partial charge < -0.3 is 19.5 Å². The molecule has 1 N–H and O–H groups in total. The molecule has 0 spiro atoms. The third-order valence-corrected chi connectivity index (χ3v) is 3.43. The number of amides is 1. The highest BCUT2D eigenvalue weighted by Gasteiger charge is 2.36. The molecule has 1 fully saturated rings. The van der Waals surface area contributed by atoms with E-state index in [1.54, 1.807) is 4.90 Å². The molecular formula is C16H29NO5. The smallest absolute Gasteiger partial charge is 0.410 e. The van der Waals surface area contributed by atoms with Crippen LogP contribution in [0, 0.1) is 5.41 Å². The molecule has 0 aromatic carbocycles. The van der Waals surface area contributed by atoms with Crippen molar-refractivity contribution in [2.24, 2.45) is 5.41 Å². The molecule has 1 rings (SSSR count). The van der Waals surface area contributed by atoms with Crippen molar-refractivity contribution in [2.45, 2.75) is 72.2 Å². The van der Waals surface area contributed by atoms with Crippen molar-refractivity contribution in [1.82, 2.24) is 4.90 Å². The number of aliphatic carboxylic acids is 1. The van der Waals surface area contributed by atoms with Gasteiger partial charge in [-0.1, -0.05) is 20.8 Å². The molecule has 6 heteroatoms. The fourth-order valence-corrected chi connectivity index (χ4v) is 2.33. The molecular weight excluding hydrogens is 286 g/mol. The van der Waals surface area contributed by atoms with Gasteiger partial charge in [0.25, 0.3) is 0 Å². The third kappa shape index (κ3) is 5.83. The van der Waals surface area contributed by atoms with Crippen LogP contribution >= 0.6 is 0 Å². The molecule has 1 heterocycles. The van der Waals surface area contributed by atoms with E-state index >= 15 is 0 Å². The SMILES string of the molecule is CC(C)(C)OC(=O)N1CCC(OC(C(=O)O)C(C)(C)C)CC1. The Labute approximate surface area is 132 Å². The maximum atomic E-state index is 12.0. The van der Waals surface area contributed by atoms with E-state index in [2.05, 4.69) is 0 Å². The average Bonchev–Trinajstić information content (AvgIpc) is 2.32. The van der Waals surface area contributed by atoms with Crippen molar-refractivity contribution in [2.75, 3.05) is 13.1 Å². The molecule has 0 aromatic heterocycles. The van der Waals surface area contributed by atoms with Gasteiger partial charge in [0.05, 0.1) is 6.10 Å². The van der Waals surface area contributed by atoms with E-state index in [1.807, 2.05) is 41.5 Å². The van der Waals surface area contributed by atoms with Crippen LogP contribution < -0.4 is 0 Å². The van der Waals surface area contributed by atoms with Crippen molar-refractivity contribution >= 4 is 12.1 Å². The summed E-state index contributed by atoms with van der Waals surface area (Å²) in [6.45, 7) is 12.1. The zero-order valence-electron chi connectivity index (χ0n) is 14.5. The predicted octanol–water partition coefficient (Wildman–Crippen LogP) is 2.90. The fourth-order valence-electron chi connectivity index (χ4n) is 2.33. The Kier molecular flexibility index (Phi) is 5.84. The molecule has 1 aliphatic heterocycles. The van der Waals surface area contributed by atoms with Gasteiger partial charge in [0.15, 0.2) is 6.10 Å². The summed E-state index contributed by atoms with van der Waals surface area (Å²) in [6.07, 6.45) is -0.0563. The summed E-state index contributed by atoms with van der Waals surface area (Å²) in [4.78, 5) is 25.0. The van der Waals surface area contributed by atoms with E-state index < -0.39 is 23.1 Å². The van der Waals surface area contributed by atoms with Crippen molar-refractivity contribution in [3.63, 3.8) is 0 Å². The topological polar surface area (TPSA) is 76.1 Å². The Hall–Kier alpha value is -1.30. The van der Waals surface area contributed by atoms with Gasteiger partial charge in [0.2, 0.25) is 0 Å². The Morgan fingerprint density at radius 3 is 1.95 bits per heavy atom. The van der Waals surface area contributed by atoms with Crippen LogP contribution in [0.2, 0.25) is 0 Å². The number of ether oxygens (including phenoxy) is 2. The predicted molar refractivity (Wildman–Crippen MR) is 82.8 cm³/mol. The molecule has 1 unspecified atom stereocenters. The highest BCUT2D eigenvalue weighted by atomic mass is 16.6. The maximum Gasteiger partial charge on any atom is 0.410 e. The van der Waals surface area contributed by atoms with E-state index in [1.165, 1.54) is 0 Å². The standard InChI is InChI=1S/C16H29NO5/c1-15(2,3)12(13(18)19)21-11-7-9-17(10-8-11)14(20)22-16(4,5)6/h11-12H,7-10H2,1-6H3,(H,18,19). The van der Waals surface area contributed by atoms with Crippen LogP contribution in [0.5, 0.6) is 0 Å². The number of hydrogen-bond donors (Lipinski definition) is 1. The summed E-state index contributed by atoms with van der Waals surface area (Å²) in [5.74, 6) is -0.943. The Balaban J connectivity index is 2.52. The first-order valence-corrected chi connectivity index (χ1v) is 7.76. The quantitative estimate of drug-likeness (QED) is 0.866. The average molecular weight is 315 g/mol. The molecule has 128 valence electrons. The van der Waals surface area contributed by atoms with E-state index in [9.17, 15) is 14.7 Å².